The number of rotatable bonds is 5. The molecule has 1 N–H and O–H groups in total. The third kappa shape index (κ3) is 4.76. The maximum atomic E-state index is 12.7. The van der Waals surface area contributed by atoms with Crippen LogP contribution in [-0.4, -0.2) is 21.1 Å². The Morgan fingerprint density at radius 2 is 1.90 bits per heavy atom. The first-order chi connectivity index (χ1) is 13.9. The van der Waals surface area contributed by atoms with Gasteiger partial charge in [-0.25, -0.2) is 0 Å². The Bertz CT molecular complexity index is 1060. The van der Waals surface area contributed by atoms with E-state index in [1.807, 2.05) is 0 Å². The van der Waals surface area contributed by atoms with Gasteiger partial charge in [0, 0.05) is 18.7 Å². The van der Waals surface area contributed by atoms with E-state index in [-0.39, 0.29) is 17.5 Å². The second-order valence-corrected chi connectivity index (χ2v) is 7.62. The number of para-hydroxylation sites is 1. The third-order valence-corrected chi connectivity index (χ3v) is 5.22. The minimum absolute atomic E-state index is 0.0102. The summed E-state index contributed by atoms with van der Waals surface area (Å²) in [5.41, 5.74) is 1.64. The zero-order valence-corrected chi connectivity index (χ0v) is 16.8. The van der Waals surface area contributed by atoms with Crippen LogP contribution in [0.1, 0.15) is 12.5 Å². The Kier molecular flexibility index (Phi) is 6.20. The van der Waals surface area contributed by atoms with E-state index in [0.29, 0.717) is 26.2 Å². The summed E-state index contributed by atoms with van der Waals surface area (Å²) in [7, 11) is 0. The number of allylic oxidation sites excluding steroid dienone is 2. The van der Waals surface area contributed by atoms with E-state index in [0.717, 1.165) is 11.8 Å². The molecule has 0 saturated carbocycles. The van der Waals surface area contributed by atoms with Gasteiger partial charge < -0.3 is 5.32 Å². The van der Waals surface area contributed by atoms with Crippen LogP contribution in [0, 0.1) is 10.1 Å². The number of hydrogen-bond acceptors (Lipinski definition) is 6. The quantitative estimate of drug-likeness (QED) is 0.328. The lowest BCUT2D eigenvalue weighted by Crippen LogP contribution is -2.27. The molecular formula is C20H15N3O4S2. The molecule has 1 aliphatic heterocycles. The maximum absolute atomic E-state index is 12.7. The van der Waals surface area contributed by atoms with Gasteiger partial charge in [0.1, 0.15) is 0 Å². The largest absolute Gasteiger partial charge is 0.326 e. The Morgan fingerprint density at radius 3 is 2.55 bits per heavy atom. The van der Waals surface area contributed by atoms with E-state index >= 15 is 0 Å². The molecule has 0 aliphatic carbocycles. The molecule has 0 spiro atoms. The normalized spacial score (nSPS) is 15.3. The zero-order valence-electron chi connectivity index (χ0n) is 15.2. The van der Waals surface area contributed by atoms with E-state index in [1.165, 1.54) is 17.9 Å². The lowest BCUT2D eigenvalue weighted by molar-refractivity contribution is -0.385. The van der Waals surface area contributed by atoms with Crippen LogP contribution in [0.15, 0.2) is 65.6 Å². The highest BCUT2D eigenvalue weighted by Gasteiger charge is 2.32. The van der Waals surface area contributed by atoms with Gasteiger partial charge in [0.15, 0.2) is 4.32 Å². The maximum Gasteiger partial charge on any atom is 0.276 e. The van der Waals surface area contributed by atoms with E-state index in [1.54, 1.807) is 60.7 Å². The summed E-state index contributed by atoms with van der Waals surface area (Å²) in [6.07, 6.45) is 4.75. The van der Waals surface area contributed by atoms with Crippen molar-refractivity contribution in [3.05, 3.63) is 81.3 Å². The number of hydrogen-bond donors (Lipinski definition) is 1. The van der Waals surface area contributed by atoms with Crippen molar-refractivity contribution in [2.75, 3.05) is 10.2 Å². The summed E-state index contributed by atoms with van der Waals surface area (Å²) in [6, 6.07) is 13.1. The SMILES string of the molecule is CC(=O)Nc1ccc(N2C(=O)/C(=C/C=C/c3ccccc3[N+](=O)[O-])SC2=S)cc1. The number of carbonyl (C=O) groups is 2. The van der Waals surface area contributed by atoms with Crippen molar-refractivity contribution in [1.82, 2.24) is 0 Å². The number of nitro benzene ring substituents is 1. The minimum Gasteiger partial charge on any atom is -0.326 e. The summed E-state index contributed by atoms with van der Waals surface area (Å²) >= 11 is 6.47. The van der Waals surface area contributed by atoms with Gasteiger partial charge in [-0.3, -0.25) is 24.6 Å². The number of nitro groups is 1. The first-order valence-electron chi connectivity index (χ1n) is 8.42. The van der Waals surface area contributed by atoms with E-state index < -0.39 is 4.92 Å². The van der Waals surface area contributed by atoms with Crippen molar-refractivity contribution >= 4 is 63.3 Å². The van der Waals surface area contributed by atoms with Gasteiger partial charge in [-0.1, -0.05) is 42.2 Å². The average molecular weight is 425 g/mol. The number of nitrogens with one attached hydrogen (secondary N) is 1. The van der Waals surface area contributed by atoms with Crippen LogP contribution in [0.5, 0.6) is 0 Å². The van der Waals surface area contributed by atoms with Crippen LogP contribution in [-0.2, 0) is 9.59 Å². The van der Waals surface area contributed by atoms with Crippen LogP contribution >= 0.6 is 24.0 Å². The molecule has 3 rings (SSSR count). The third-order valence-electron chi connectivity index (χ3n) is 3.90. The minimum atomic E-state index is -0.455. The highest BCUT2D eigenvalue weighted by Crippen LogP contribution is 2.35. The monoisotopic (exact) mass is 425 g/mol. The number of thiocarbonyl (C=S) groups is 1. The number of carbonyl (C=O) groups excluding carboxylic acids is 2. The topological polar surface area (TPSA) is 92.6 Å². The predicted molar refractivity (Wildman–Crippen MR) is 119 cm³/mol. The van der Waals surface area contributed by atoms with Crippen molar-refractivity contribution < 1.29 is 14.5 Å². The van der Waals surface area contributed by atoms with Gasteiger partial charge in [0.2, 0.25) is 5.91 Å². The van der Waals surface area contributed by atoms with E-state index in [9.17, 15) is 19.7 Å². The van der Waals surface area contributed by atoms with Crippen LogP contribution in [0.3, 0.4) is 0 Å². The summed E-state index contributed by atoms with van der Waals surface area (Å²) in [6.45, 7) is 1.42. The first-order valence-corrected chi connectivity index (χ1v) is 9.65. The first kappa shape index (κ1) is 20.4. The van der Waals surface area contributed by atoms with Gasteiger partial charge in [0.05, 0.1) is 21.1 Å². The van der Waals surface area contributed by atoms with Crippen LogP contribution < -0.4 is 10.2 Å². The molecule has 0 radical (unpaired) electrons. The van der Waals surface area contributed by atoms with E-state index in [2.05, 4.69) is 5.32 Å². The Balaban J connectivity index is 1.78. The van der Waals surface area contributed by atoms with Crippen LogP contribution in [0.25, 0.3) is 6.08 Å². The molecule has 0 aromatic heterocycles. The van der Waals surface area contributed by atoms with Gasteiger partial charge >= 0.3 is 0 Å². The average Bonchev–Trinajstić information content (AvgIpc) is 2.96. The fraction of sp³-hybridized carbons (Fsp3) is 0.0500. The van der Waals surface area contributed by atoms with Crippen molar-refractivity contribution in [3.8, 4) is 0 Å². The number of thioether (sulfide) groups is 1. The molecule has 2 amide bonds. The lowest BCUT2D eigenvalue weighted by atomic mass is 10.1. The molecule has 1 saturated heterocycles. The fourth-order valence-electron chi connectivity index (χ4n) is 2.64. The highest BCUT2D eigenvalue weighted by molar-refractivity contribution is 8.27. The molecule has 146 valence electrons. The zero-order chi connectivity index (χ0) is 21.0. The number of nitrogens with zero attached hydrogens (tertiary/aromatic N) is 2. The number of benzene rings is 2. The Hall–Kier alpha value is -3.30. The molecule has 1 aliphatic rings. The fourth-order valence-corrected chi connectivity index (χ4v) is 3.89. The van der Waals surface area contributed by atoms with Gasteiger partial charge in [-0.15, -0.1) is 0 Å². The smallest absolute Gasteiger partial charge is 0.276 e. The van der Waals surface area contributed by atoms with Crippen LogP contribution in [0.2, 0.25) is 0 Å². The van der Waals surface area contributed by atoms with Gasteiger partial charge in [-0.2, -0.15) is 0 Å². The molecule has 7 nitrogen and oxygen atoms in total. The summed E-state index contributed by atoms with van der Waals surface area (Å²) in [5, 5.41) is 13.7. The molecule has 1 heterocycles. The van der Waals surface area contributed by atoms with Crippen LogP contribution in [0.4, 0.5) is 17.1 Å². The van der Waals surface area contributed by atoms with Crippen molar-refractivity contribution in [2.45, 2.75) is 6.92 Å². The molecule has 0 atom stereocenters. The van der Waals surface area contributed by atoms with Gasteiger partial charge in [0.25, 0.3) is 11.6 Å². The highest BCUT2D eigenvalue weighted by atomic mass is 32.2. The predicted octanol–water partition coefficient (Wildman–Crippen LogP) is 4.52. The van der Waals surface area contributed by atoms with E-state index in [4.69, 9.17) is 12.2 Å². The number of amides is 2. The molecular weight excluding hydrogens is 410 g/mol. The summed E-state index contributed by atoms with van der Waals surface area (Å²) in [5.74, 6) is -0.462. The number of anilines is 2. The lowest BCUT2D eigenvalue weighted by Gasteiger charge is -2.15. The summed E-state index contributed by atoms with van der Waals surface area (Å²) in [4.78, 5) is 36.3. The molecule has 0 bridgehead atoms. The van der Waals surface area contributed by atoms with Crippen molar-refractivity contribution in [1.29, 1.82) is 0 Å². The summed E-state index contributed by atoms with van der Waals surface area (Å²) < 4.78 is 0.382. The molecule has 2 aromatic rings. The molecule has 29 heavy (non-hydrogen) atoms. The molecule has 1 fully saturated rings. The molecule has 0 unspecified atom stereocenters. The van der Waals surface area contributed by atoms with Crippen molar-refractivity contribution in [3.63, 3.8) is 0 Å². The molecule has 2 aromatic carbocycles. The Morgan fingerprint density at radius 1 is 1.21 bits per heavy atom. The standard InChI is InChI=1S/C20H15N3O4S2/c1-13(24)21-15-9-11-16(12-10-15)22-19(25)18(29-20(22)28)8-4-6-14-5-2-3-7-17(14)23(26)27/h2-12H,1H3,(H,21,24)/b6-4+,18-8-. The molecule has 9 heteroatoms. The second kappa shape index (κ2) is 8.80. The van der Waals surface area contributed by atoms with Gasteiger partial charge in [-0.05, 0) is 42.5 Å². The Labute approximate surface area is 176 Å². The van der Waals surface area contributed by atoms with Crippen molar-refractivity contribution in [2.24, 2.45) is 0 Å². The second-order valence-electron chi connectivity index (χ2n) is 5.94.